The highest BCUT2D eigenvalue weighted by atomic mass is 19.1. The quantitative estimate of drug-likeness (QED) is 0.240. The Bertz CT molecular complexity index is 1820. The summed E-state index contributed by atoms with van der Waals surface area (Å²) in [6, 6.07) is 10.8. The van der Waals surface area contributed by atoms with Crippen molar-refractivity contribution in [3.8, 4) is 33.9 Å². The predicted molar refractivity (Wildman–Crippen MR) is 146 cm³/mol. The van der Waals surface area contributed by atoms with Crippen molar-refractivity contribution in [2.45, 2.75) is 19.3 Å². The van der Waals surface area contributed by atoms with E-state index in [4.69, 9.17) is 4.98 Å². The molecule has 7 rings (SSSR count). The van der Waals surface area contributed by atoms with E-state index < -0.39 is 0 Å². The average Bonchev–Trinajstić information content (AvgIpc) is 3.51. The van der Waals surface area contributed by atoms with E-state index in [2.05, 4.69) is 42.0 Å². The Hall–Kier alpha value is -4.92. The first-order valence-electron chi connectivity index (χ1n) is 12.5. The molecule has 1 fully saturated rings. The van der Waals surface area contributed by atoms with Crippen molar-refractivity contribution in [2.24, 2.45) is 5.92 Å². The molecule has 1 aromatic carbocycles. The summed E-state index contributed by atoms with van der Waals surface area (Å²) in [4.78, 5) is 21.3. The third-order valence-corrected chi connectivity index (χ3v) is 7.16. The Morgan fingerprint density at radius 2 is 1.87 bits per heavy atom. The van der Waals surface area contributed by atoms with Gasteiger partial charge in [-0.15, -0.1) is 0 Å². The number of pyridine rings is 3. The van der Waals surface area contributed by atoms with Crippen LogP contribution in [0.4, 0.5) is 10.1 Å². The molecule has 0 atom stereocenters. The van der Waals surface area contributed by atoms with Gasteiger partial charge in [0.25, 0.3) is 0 Å². The summed E-state index contributed by atoms with van der Waals surface area (Å²) >= 11 is 0. The van der Waals surface area contributed by atoms with E-state index >= 15 is 4.39 Å². The number of aromatic nitrogens is 7. The van der Waals surface area contributed by atoms with Crippen molar-refractivity contribution in [1.29, 1.82) is 0 Å². The molecule has 1 aliphatic carbocycles. The number of hydrogen-bond acceptors (Lipinski definition) is 6. The summed E-state index contributed by atoms with van der Waals surface area (Å²) in [5.41, 5.74) is 7.16. The number of hydrogen-bond donors (Lipinski definition) is 3. The molecule has 0 spiro atoms. The van der Waals surface area contributed by atoms with Gasteiger partial charge in [-0.05, 0) is 49.1 Å². The molecule has 1 saturated carbocycles. The zero-order valence-corrected chi connectivity index (χ0v) is 20.4. The number of fused-ring (bicyclic) bond motifs is 2. The molecule has 9 heteroatoms. The molecular weight excluding hydrogens is 479 g/mol. The zero-order chi connectivity index (χ0) is 25.6. The highest BCUT2D eigenvalue weighted by Gasteiger charge is 2.21. The molecule has 1 aliphatic rings. The number of halogens is 1. The van der Waals surface area contributed by atoms with E-state index in [9.17, 15) is 0 Å². The highest BCUT2D eigenvalue weighted by molar-refractivity contribution is 5.97. The van der Waals surface area contributed by atoms with Crippen LogP contribution in [0.2, 0.25) is 0 Å². The molecule has 3 N–H and O–H groups in total. The number of allylic oxidation sites excluding steroid dienone is 1. The molecule has 0 amide bonds. The lowest BCUT2D eigenvalue weighted by molar-refractivity contribution is 0.371. The topological polar surface area (TPSA) is 108 Å². The summed E-state index contributed by atoms with van der Waals surface area (Å²) < 4.78 is 15.3. The van der Waals surface area contributed by atoms with Crippen molar-refractivity contribution in [1.82, 2.24) is 35.1 Å². The Morgan fingerprint density at radius 1 is 0.974 bits per heavy atom. The normalized spacial score (nSPS) is 13.6. The minimum atomic E-state index is -0.364. The van der Waals surface area contributed by atoms with Gasteiger partial charge >= 0.3 is 0 Å². The maximum atomic E-state index is 15.3. The monoisotopic (exact) mass is 502 g/mol. The summed E-state index contributed by atoms with van der Waals surface area (Å²) in [6.07, 6.45) is 12.1. The van der Waals surface area contributed by atoms with E-state index in [1.54, 1.807) is 37.1 Å². The second-order valence-corrected chi connectivity index (χ2v) is 9.57. The number of imidazole rings is 1. The van der Waals surface area contributed by atoms with Gasteiger partial charge in [-0.25, -0.2) is 9.37 Å². The maximum absolute atomic E-state index is 15.3. The van der Waals surface area contributed by atoms with Crippen molar-refractivity contribution in [3.63, 3.8) is 0 Å². The highest BCUT2D eigenvalue weighted by Crippen LogP contribution is 2.35. The van der Waals surface area contributed by atoms with Crippen LogP contribution >= 0.6 is 0 Å². The van der Waals surface area contributed by atoms with Gasteiger partial charge in [0.2, 0.25) is 0 Å². The molecule has 0 aliphatic heterocycles. The number of benzene rings is 1. The predicted octanol–water partition coefficient (Wildman–Crippen LogP) is 6.49. The minimum absolute atomic E-state index is 0.364. The molecule has 0 saturated heterocycles. The molecule has 186 valence electrons. The first-order valence-corrected chi connectivity index (χ1v) is 12.5. The molecule has 8 nitrogen and oxygen atoms in total. The van der Waals surface area contributed by atoms with Crippen LogP contribution in [0.5, 0.6) is 0 Å². The lowest BCUT2D eigenvalue weighted by Crippen LogP contribution is -2.18. The molecule has 0 unspecified atom stereocenters. The maximum Gasteiger partial charge on any atom is 0.159 e. The van der Waals surface area contributed by atoms with Gasteiger partial charge in [-0.1, -0.05) is 13.0 Å². The average molecular weight is 503 g/mol. The van der Waals surface area contributed by atoms with Gasteiger partial charge in [0.15, 0.2) is 5.82 Å². The second kappa shape index (κ2) is 8.88. The number of nitrogens with one attached hydrogen (secondary N) is 3. The van der Waals surface area contributed by atoms with Crippen LogP contribution in [0.3, 0.4) is 0 Å². The van der Waals surface area contributed by atoms with Crippen LogP contribution in [0.15, 0.2) is 79.7 Å². The largest absolute Gasteiger partial charge is 0.358 e. The number of nitrogens with zero attached hydrogens (tertiary/aromatic N) is 5. The third kappa shape index (κ3) is 3.80. The molecule has 0 bridgehead atoms. The van der Waals surface area contributed by atoms with Crippen LogP contribution in [-0.4, -0.2) is 35.1 Å². The van der Waals surface area contributed by atoms with Crippen molar-refractivity contribution >= 4 is 27.6 Å². The molecule has 0 radical (unpaired) electrons. The fourth-order valence-electron chi connectivity index (χ4n) is 4.90. The van der Waals surface area contributed by atoms with Crippen LogP contribution in [0.25, 0.3) is 55.8 Å². The van der Waals surface area contributed by atoms with Crippen LogP contribution in [0, 0.1) is 11.7 Å². The first-order chi connectivity index (χ1) is 18.6. The van der Waals surface area contributed by atoms with Crippen molar-refractivity contribution in [3.05, 3.63) is 85.5 Å². The fraction of sp³-hybridized carbons (Fsp3) is 0.138. The molecule has 38 heavy (non-hydrogen) atoms. The van der Waals surface area contributed by atoms with Crippen molar-refractivity contribution < 1.29 is 4.39 Å². The first kappa shape index (κ1) is 22.3. The van der Waals surface area contributed by atoms with Gasteiger partial charge in [0, 0.05) is 58.6 Å². The van der Waals surface area contributed by atoms with Crippen LogP contribution in [0.1, 0.15) is 19.3 Å². The Balaban J connectivity index is 1.29. The van der Waals surface area contributed by atoms with Gasteiger partial charge < -0.3 is 10.3 Å². The molecule has 6 aromatic rings. The SMILES string of the molecule is C=C(Nc1cncc(-c2cc3c(-c4nc5c(-c6cccnc6)nccc5[nH]4)n[nH]c3cc2F)c1)C1CCC1. The third-order valence-electron chi connectivity index (χ3n) is 7.16. The van der Waals surface area contributed by atoms with Gasteiger partial charge in [-0.2, -0.15) is 5.10 Å². The minimum Gasteiger partial charge on any atom is -0.358 e. The summed E-state index contributed by atoms with van der Waals surface area (Å²) in [5.74, 6) is 0.683. The van der Waals surface area contributed by atoms with E-state index in [-0.39, 0.29) is 5.82 Å². The summed E-state index contributed by atoms with van der Waals surface area (Å²) in [7, 11) is 0. The molecular formula is C29H23FN8. The molecule has 5 aromatic heterocycles. The lowest BCUT2D eigenvalue weighted by Gasteiger charge is -2.28. The lowest BCUT2D eigenvalue weighted by atomic mass is 9.83. The zero-order valence-electron chi connectivity index (χ0n) is 20.4. The number of aromatic amines is 2. The Morgan fingerprint density at radius 3 is 2.68 bits per heavy atom. The summed E-state index contributed by atoms with van der Waals surface area (Å²) in [6.45, 7) is 4.17. The standard InChI is InChI=1S/C29H23FN8/c1-16(17-4-2-5-17)34-20-10-19(14-32-15-20)21-11-22-25(12-23(21)30)37-38-27(22)29-35-24-7-9-33-26(28(24)36-29)18-6-3-8-31-13-18/h3,6-15,17,34H,1-2,4-5H2,(H,35,36)(H,37,38). The van der Waals surface area contributed by atoms with Crippen LogP contribution < -0.4 is 5.32 Å². The number of anilines is 1. The van der Waals surface area contributed by atoms with Gasteiger partial charge in [0.05, 0.1) is 28.6 Å². The van der Waals surface area contributed by atoms with Crippen LogP contribution in [-0.2, 0) is 0 Å². The van der Waals surface area contributed by atoms with Crippen molar-refractivity contribution in [2.75, 3.05) is 5.32 Å². The number of H-pyrrole nitrogens is 2. The fourth-order valence-corrected chi connectivity index (χ4v) is 4.90. The van der Waals surface area contributed by atoms with Gasteiger partial charge in [-0.3, -0.25) is 20.1 Å². The Labute approximate surface area is 217 Å². The van der Waals surface area contributed by atoms with E-state index in [1.807, 2.05) is 24.3 Å². The molecule has 5 heterocycles. The second-order valence-electron chi connectivity index (χ2n) is 9.57. The van der Waals surface area contributed by atoms with Gasteiger partial charge in [0.1, 0.15) is 17.0 Å². The van der Waals surface area contributed by atoms with E-state index in [0.29, 0.717) is 39.6 Å². The Kier molecular flexibility index (Phi) is 5.21. The van der Waals surface area contributed by atoms with E-state index in [1.165, 1.54) is 12.5 Å². The number of rotatable bonds is 6. The smallest absolute Gasteiger partial charge is 0.159 e. The summed E-state index contributed by atoms with van der Waals surface area (Å²) in [5, 5.41) is 11.5. The van der Waals surface area contributed by atoms with E-state index in [0.717, 1.165) is 46.4 Å².